The molecule has 0 saturated heterocycles. The molecule has 88 valence electrons. The highest BCUT2D eigenvalue weighted by Gasteiger charge is 2.19. The molecule has 3 heteroatoms. The van der Waals surface area contributed by atoms with Crippen molar-refractivity contribution in [3.63, 3.8) is 0 Å². The standard InChI is InChI=1S/C13H19NO2/c1-3-14-13(11-5-4-6-15-8-11)12-7-10(2)16-9-12/h7-9,13-14H,3-6H2,1-2H3. The van der Waals surface area contributed by atoms with Crippen molar-refractivity contribution in [1.82, 2.24) is 5.32 Å². The predicted octanol–water partition coefficient (Wildman–Crippen LogP) is 2.93. The lowest BCUT2D eigenvalue weighted by molar-refractivity contribution is 0.219. The molecule has 1 atom stereocenters. The van der Waals surface area contributed by atoms with Gasteiger partial charge in [-0.2, -0.15) is 0 Å². The van der Waals surface area contributed by atoms with Crippen molar-refractivity contribution in [2.45, 2.75) is 32.7 Å². The van der Waals surface area contributed by atoms with Crippen molar-refractivity contribution in [3.8, 4) is 0 Å². The molecule has 1 aromatic heterocycles. The van der Waals surface area contributed by atoms with Crippen molar-refractivity contribution in [2.75, 3.05) is 13.2 Å². The van der Waals surface area contributed by atoms with Gasteiger partial charge in [0.1, 0.15) is 5.76 Å². The lowest BCUT2D eigenvalue weighted by Gasteiger charge is -2.22. The average molecular weight is 221 g/mol. The van der Waals surface area contributed by atoms with Gasteiger partial charge in [-0.25, -0.2) is 0 Å². The molecular formula is C13H19NO2. The zero-order valence-electron chi connectivity index (χ0n) is 9.95. The minimum atomic E-state index is 0.239. The minimum absolute atomic E-state index is 0.239. The van der Waals surface area contributed by atoms with Crippen LogP contribution in [0, 0.1) is 6.92 Å². The fourth-order valence-corrected chi connectivity index (χ4v) is 2.08. The average Bonchev–Trinajstić information content (AvgIpc) is 2.74. The molecule has 2 heterocycles. The SMILES string of the molecule is CCNC(C1=COCCC1)c1coc(C)c1. The van der Waals surface area contributed by atoms with Crippen LogP contribution in [-0.4, -0.2) is 13.2 Å². The van der Waals surface area contributed by atoms with E-state index in [1.807, 2.05) is 19.4 Å². The maximum absolute atomic E-state index is 5.41. The summed E-state index contributed by atoms with van der Waals surface area (Å²) in [5, 5.41) is 3.47. The lowest BCUT2D eigenvalue weighted by Crippen LogP contribution is -2.23. The fourth-order valence-electron chi connectivity index (χ4n) is 2.08. The number of rotatable bonds is 4. The van der Waals surface area contributed by atoms with Crippen LogP contribution in [0.2, 0.25) is 0 Å². The normalized spacial score (nSPS) is 17.8. The van der Waals surface area contributed by atoms with Crippen molar-refractivity contribution in [1.29, 1.82) is 0 Å². The monoisotopic (exact) mass is 221 g/mol. The summed E-state index contributed by atoms with van der Waals surface area (Å²) in [7, 11) is 0. The summed E-state index contributed by atoms with van der Waals surface area (Å²) in [6.45, 7) is 5.86. The molecule has 0 aromatic carbocycles. The second-order valence-electron chi connectivity index (χ2n) is 4.15. The molecule has 1 aromatic rings. The molecule has 0 spiro atoms. The van der Waals surface area contributed by atoms with E-state index < -0.39 is 0 Å². The van der Waals surface area contributed by atoms with Gasteiger partial charge >= 0.3 is 0 Å². The van der Waals surface area contributed by atoms with Crippen LogP contribution in [0.15, 0.2) is 28.6 Å². The van der Waals surface area contributed by atoms with Gasteiger partial charge in [-0.15, -0.1) is 0 Å². The Hall–Kier alpha value is -1.22. The van der Waals surface area contributed by atoms with E-state index in [4.69, 9.17) is 9.15 Å². The zero-order chi connectivity index (χ0) is 11.4. The first kappa shape index (κ1) is 11.3. The third-order valence-electron chi connectivity index (χ3n) is 2.83. The van der Waals surface area contributed by atoms with E-state index in [1.165, 1.54) is 11.1 Å². The maximum atomic E-state index is 5.41. The van der Waals surface area contributed by atoms with E-state index in [2.05, 4.69) is 18.3 Å². The first-order valence-electron chi connectivity index (χ1n) is 5.90. The van der Waals surface area contributed by atoms with E-state index in [9.17, 15) is 0 Å². The summed E-state index contributed by atoms with van der Waals surface area (Å²) < 4.78 is 10.8. The van der Waals surface area contributed by atoms with Gasteiger partial charge in [-0.05, 0) is 37.9 Å². The smallest absolute Gasteiger partial charge is 0.101 e. The first-order chi connectivity index (χ1) is 7.81. The lowest BCUT2D eigenvalue weighted by atomic mass is 9.97. The molecule has 1 aliphatic heterocycles. The van der Waals surface area contributed by atoms with Gasteiger partial charge in [0.05, 0.1) is 25.2 Å². The molecule has 0 radical (unpaired) electrons. The van der Waals surface area contributed by atoms with Crippen LogP contribution in [0.3, 0.4) is 0 Å². The van der Waals surface area contributed by atoms with Crippen LogP contribution in [0.25, 0.3) is 0 Å². The fraction of sp³-hybridized carbons (Fsp3) is 0.538. The molecule has 0 bridgehead atoms. The van der Waals surface area contributed by atoms with Crippen LogP contribution in [-0.2, 0) is 4.74 Å². The van der Waals surface area contributed by atoms with Crippen LogP contribution in [0.5, 0.6) is 0 Å². The predicted molar refractivity (Wildman–Crippen MR) is 63.1 cm³/mol. The van der Waals surface area contributed by atoms with E-state index in [0.29, 0.717) is 0 Å². The maximum Gasteiger partial charge on any atom is 0.101 e. The summed E-state index contributed by atoms with van der Waals surface area (Å²) in [5.41, 5.74) is 2.50. The Morgan fingerprint density at radius 2 is 2.38 bits per heavy atom. The molecule has 3 nitrogen and oxygen atoms in total. The minimum Gasteiger partial charge on any atom is -0.501 e. The van der Waals surface area contributed by atoms with Crippen LogP contribution < -0.4 is 5.32 Å². The van der Waals surface area contributed by atoms with E-state index in [-0.39, 0.29) is 6.04 Å². The van der Waals surface area contributed by atoms with Crippen molar-refractivity contribution < 1.29 is 9.15 Å². The van der Waals surface area contributed by atoms with Crippen LogP contribution >= 0.6 is 0 Å². The number of furan rings is 1. The Morgan fingerprint density at radius 3 is 2.94 bits per heavy atom. The Kier molecular flexibility index (Phi) is 3.67. The highest BCUT2D eigenvalue weighted by Crippen LogP contribution is 2.28. The molecule has 1 N–H and O–H groups in total. The summed E-state index contributed by atoms with van der Waals surface area (Å²) >= 11 is 0. The van der Waals surface area contributed by atoms with Gasteiger partial charge in [-0.3, -0.25) is 0 Å². The first-order valence-corrected chi connectivity index (χ1v) is 5.90. The molecule has 0 aliphatic carbocycles. The van der Waals surface area contributed by atoms with Gasteiger partial charge in [0.25, 0.3) is 0 Å². The quantitative estimate of drug-likeness (QED) is 0.848. The Labute approximate surface area is 96.5 Å². The van der Waals surface area contributed by atoms with E-state index in [0.717, 1.165) is 31.8 Å². The van der Waals surface area contributed by atoms with Gasteiger partial charge in [0.15, 0.2) is 0 Å². The summed E-state index contributed by atoms with van der Waals surface area (Å²) in [6, 6.07) is 2.32. The molecule has 2 rings (SSSR count). The van der Waals surface area contributed by atoms with E-state index in [1.54, 1.807) is 0 Å². The van der Waals surface area contributed by atoms with Crippen molar-refractivity contribution in [2.24, 2.45) is 0 Å². The highest BCUT2D eigenvalue weighted by atomic mass is 16.5. The number of nitrogens with one attached hydrogen (secondary N) is 1. The Balaban J connectivity index is 2.19. The third kappa shape index (κ3) is 2.47. The largest absolute Gasteiger partial charge is 0.501 e. The second-order valence-corrected chi connectivity index (χ2v) is 4.15. The summed E-state index contributed by atoms with van der Waals surface area (Å²) in [6.07, 6.45) is 5.93. The molecular weight excluding hydrogens is 202 g/mol. The van der Waals surface area contributed by atoms with E-state index >= 15 is 0 Å². The van der Waals surface area contributed by atoms with Crippen LogP contribution in [0.1, 0.15) is 37.1 Å². The highest BCUT2D eigenvalue weighted by molar-refractivity contribution is 5.26. The number of likely N-dealkylation sites (N-methyl/N-ethyl adjacent to an activating group) is 1. The molecule has 1 unspecified atom stereocenters. The topological polar surface area (TPSA) is 34.4 Å². The summed E-state index contributed by atoms with van der Waals surface area (Å²) in [5.74, 6) is 0.954. The summed E-state index contributed by atoms with van der Waals surface area (Å²) in [4.78, 5) is 0. The number of hydrogen-bond acceptors (Lipinski definition) is 3. The van der Waals surface area contributed by atoms with Crippen LogP contribution in [0.4, 0.5) is 0 Å². The van der Waals surface area contributed by atoms with Crippen molar-refractivity contribution >= 4 is 0 Å². The van der Waals surface area contributed by atoms with Gasteiger partial charge in [-0.1, -0.05) is 6.92 Å². The number of ether oxygens (including phenoxy) is 1. The van der Waals surface area contributed by atoms with Gasteiger partial charge < -0.3 is 14.5 Å². The Morgan fingerprint density at radius 1 is 1.50 bits per heavy atom. The Bertz CT molecular complexity index is 368. The third-order valence-corrected chi connectivity index (χ3v) is 2.83. The molecule has 0 amide bonds. The molecule has 1 aliphatic rings. The molecule has 16 heavy (non-hydrogen) atoms. The number of aryl methyl sites for hydroxylation is 1. The van der Waals surface area contributed by atoms with Gasteiger partial charge in [0, 0.05) is 5.56 Å². The van der Waals surface area contributed by atoms with Gasteiger partial charge in [0.2, 0.25) is 0 Å². The molecule has 0 fully saturated rings. The molecule has 0 saturated carbocycles. The van der Waals surface area contributed by atoms with Crippen molar-refractivity contribution in [3.05, 3.63) is 35.5 Å². The number of hydrogen-bond donors (Lipinski definition) is 1. The zero-order valence-corrected chi connectivity index (χ0v) is 9.95. The second kappa shape index (κ2) is 5.21.